The van der Waals surface area contributed by atoms with E-state index < -0.39 is 10.0 Å². The van der Waals surface area contributed by atoms with Crippen molar-refractivity contribution in [2.75, 3.05) is 0 Å². The summed E-state index contributed by atoms with van der Waals surface area (Å²) >= 11 is 0. The molecular formula is C11H19N3O2S. The van der Waals surface area contributed by atoms with Crippen LogP contribution < -0.4 is 5.14 Å². The van der Waals surface area contributed by atoms with Gasteiger partial charge >= 0.3 is 0 Å². The first-order chi connectivity index (χ1) is 8.02. The molecule has 0 aromatic carbocycles. The minimum absolute atomic E-state index is 0.0297. The molecule has 0 saturated heterocycles. The molecule has 1 aliphatic rings. The third-order valence-electron chi connectivity index (χ3n) is 3.65. The largest absolute Gasteiger partial charge is 0.333 e. The molecule has 1 heterocycles. The molecule has 2 N–H and O–H groups in total. The predicted octanol–water partition coefficient (Wildman–Crippen LogP) is 1.67. The molecule has 1 aromatic rings. The molecule has 0 radical (unpaired) electrons. The van der Waals surface area contributed by atoms with Gasteiger partial charge in [-0.05, 0) is 18.8 Å². The number of aromatic nitrogens is 2. The van der Waals surface area contributed by atoms with Crippen LogP contribution in [0.5, 0.6) is 0 Å². The van der Waals surface area contributed by atoms with E-state index in [-0.39, 0.29) is 5.03 Å². The lowest BCUT2D eigenvalue weighted by Gasteiger charge is -2.31. The van der Waals surface area contributed by atoms with Crippen LogP contribution in [0.2, 0.25) is 0 Å². The lowest BCUT2D eigenvalue weighted by molar-refractivity contribution is 0.232. The molecule has 0 bridgehead atoms. The average molecular weight is 257 g/mol. The number of hydrogen-bond donors (Lipinski definition) is 1. The summed E-state index contributed by atoms with van der Waals surface area (Å²) in [7, 11) is -3.68. The standard InChI is InChI=1S/C11H19N3O2S/c1-2-9-5-3-4-6-10(9)14-7-11(13-8-14)17(12,15)16/h7-10H,2-6H2,1H3,(H2,12,15,16). The molecule has 0 spiro atoms. The second-order valence-corrected chi connectivity index (χ2v) is 6.23. The highest BCUT2D eigenvalue weighted by atomic mass is 32.2. The maximum atomic E-state index is 11.2. The Morgan fingerprint density at radius 2 is 2.18 bits per heavy atom. The van der Waals surface area contributed by atoms with Gasteiger partial charge < -0.3 is 4.57 Å². The van der Waals surface area contributed by atoms with Crippen LogP contribution in [0.15, 0.2) is 17.6 Å². The first-order valence-electron chi connectivity index (χ1n) is 6.08. The van der Waals surface area contributed by atoms with Crippen LogP contribution in [0.25, 0.3) is 0 Å². The van der Waals surface area contributed by atoms with Gasteiger partial charge in [0.15, 0.2) is 5.03 Å². The second kappa shape index (κ2) is 4.78. The van der Waals surface area contributed by atoms with Crippen molar-refractivity contribution < 1.29 is 8.42 Å². The topological polar surface area (TPSA) is 78.0 Å². The van der Waals surface area contributed by atoms with Crippen molar-refractivity contribution in [2.45, 2.75) is 50.1 Å². The summed E-state index contributed by atoms with van der Waals surface area (Å²) in [5.41, 5.74) is 0. The Kier molecular flexibility index (Phi) is 3.53. The zero-order valence-corrected chi connectivity index (χ0v) is 10.9. The van der Waals surface area contributed by atoms with Crippen LogP contribution in [0, 0.1) is 5.92 Å². The van der Waals surface area contributed by atoms with Gasteiger partial charge in [-0.15, -0.1) is 0 Å². The van der Waals surface area contributed by atoms with E-state index in [1.807, 2.05) is 4.57 Å². The third kappa shape index (κ3) is 2.69. The molecule has 2 unspecified atom stereocenters. The number of imidazole rings is 1. The van der Waals surface area contributed by atoms with Crippen molar-refractivity contribution in [1.82, 2.24) is 9.55 Å². The number of nitrogens with zero attached hydrogens (tertiary/aromatic N) is 2. The maximum absolute atomic E-state index is 11.2. The summed E-state index contributed by atoms with van der Waals surface area (Å²) in [4.78, 5) is 3.88. The molecule has 2 atom stereocenters. The maximum Gasteiger partial charge on any atom is 0.257 e. The minimum atomic E-state index is -3.68. The Bertz CT molecular complexity index is 481. The van der Waals surface area contributed by atoms with Crippen LogP contribution in [0.1, 0.15) is 45.1 Å². The Morgan fingerprint density at radius 1 is 1.47 bits per heavy atom. The van der Waals surface area contributed by atoms with E-state index in [2.05, 4.69) is 11.9 Å². The van der Waals surface area contributed by atoms with Gasteiger partial charge in [-0.3, -0.25) is 0 Å². The molecule has 5 nitrogen and oxygen atoms in total. The van der Waals surface area contributed by atoms with Crippen molar-refractivity contribution in [2.24, 2.45) is 11.1 Å². The van der Waals surface area contributed by atoms with E-state index in [4.69, 9.17) is 5.14 Å². The van der Waals surface area contributed by atoms with E-state index in [1.165, 1.54) is 19.3 Å². The highest BCUT2D eigenvalue weighted by Gasteiger charge is 2.26. The molecule has 0 amide bonds. The van der Waals surface area contributed by atoms with Crippen LogP contribution in [-0.2, 0) is 10.0 Å². The fourth-order valence-corrected chi connectivity index (χ4v) is 3.17. The lowest BCUT2D eigenvalue weighted by atomic mass is 9.83. The SMILES string of the molecule is CCC1CCCCC1n1cnc(S(N)(=O)=O)c1. The zero-order valence-electron chi connectivity index (χ0n) is 10.0. The molecule has 0 aliphatic heterocycles. The van der Waals surface area contributed by atoms with Crippen molar-refractivity contribution >= 4 is 10.0 Å². The second-order valence-electron chi connectivity index (χ2n) is 4.72. The van der Waals surface area contributed by atoms with Crippen LogP contribution >= 0.6 is 0 Å². The van der Waals surface area contributed by atoms with Crippen molar-refractivity contribution in [3.8, 4) is 0 Å². The van der Waals surface area contributed by atoms with E-state index >= 15 is 0 Å². The van der Waals surface area contributed by atoms with Gasteiger partial charge in [-0.25, -0.2) is 18.5 Å². The highest BCUT2D eigenvalue weighted by Crippen LogP contribution is 2.35. The van der Waals surface area contributed by atoms with Gasteiger partial charge in [0, 0.05) is 12.2 Å². The Morgan fingerprint density at radius 3 is 2.76 bits per heavy atom. The summed E-state index contributed by atoms with van der Waals surface area (Å²) in [5, 5.41) is 5.03. The molecular weight excluding hydrogens is 238 g/mol. The Balaban J connectivity index is 2.24. The number of nitrogens with two attached hydrogens (primary N) is 1. The predicted molar refractivity (Wildman–Crippen MR) is 64.9 cm³/mol. The van der Waals surface area contributed by atoms with E-state index in [0.717, 1.165) is 12.8 Å². The van der Waals surface area contributed by atoms with E-state index in [1.54, 1.807) is 12.5 Å². The fraction of sp³-hybridized carbons (Fsp3) is 0.727. The number of hydrogen-bond acceptors (Lipinski definition) is 3. The first-order valence-corrected chi connectivity index (χ1v) is 7.63. The number of sulfonamides is 1. The minimum Gasteiger partial charge on any atom is -0.333 e. The van der Waals surface area contributed by atoms with E-state index in [9.17, 15) is 8.42 Å². The normalized spacial score (nSPS) is 26.0. The van der Waals surface area contributed by atoms with Crippen LogP contribution in [-0.4, -0.2) is 18.0 Å². The summed E-state index contributed by atoms with van der Waals surface area (Å²) in [6, 6.07) is 0.372. The van der Waals surface area contributed by atoms with Crippen LogP contribution in [0.4, 0.5) is 0 Å². The van der Waals surface area contributed by atoms with Gasteiger partial charge in [0.2, 0.25) is 0 Å². The van der Waals surface area contributed by atoms with Gasteiger partial charge in [-0.1, -0.05) is 26.2 Å². The average Bonchev–Trinajstić information content (AvgIpc) is 2.77. The zero-order chi connectivity index (χ0) is 12.5. The van der Waals surface area contributed by atoms with Gasteiger partial charge in [0.25, 0.3) is 10.0 Å². The quantitative estimate of drug-likeness (QED) is 0.894. The number of rotatable bonds is 3. The summed E-state index contributed by atoms with van der Waals surface area (Å²) < 4.78 is 24.3. The molecule has 6 heteroatoms. The van der Waals surface area contributed by atoms with E-state index in [0.29, 0.717) is 12.0 Å². The highest BCUT2D eigenvalue weighted by molar-refractivity contribution is 7.89. The molecule has 1 aliphatic carbocycles. The Labute approximate surface area is 102 Å². The van der Waals surface area contributed by atoms with Gasteiger partial charge in [0.1, 0.15) is 0 Å². The first kappa shape index (κ1) is 12.6. The van der Waals surface area contributed by atoms with Crippen LogP contribution in [0.3, 0.4) is 0 Å². The van der Waals surface area contributed by atoms with Gasteiger partial charge in [-0.2, -0.15) is 0 Å². The third-order valence-corrected chi connectivity index (χ3v) is 4.44. The molecule has 1 aromatic heterocycles. The summed E-state index contributed by atoms with van der Waals surface area (Å²) in [6.07, 6.45) is 9.05. The summed E-state index contributed by atoms with van der Waals surface area (Å²) in [5.74, 6) is 0.617. The fourth-order valence-electron chi connectivity index (χ4n) is 2.70. The Hall–Kier alpha value is -0.880. The summed E-state index contributed by atoms with van der Waals surface area (Å²) in [6.45, 7) is 2.18. The molecule has 1 saturated carbocycles. The van der Waals surface area contributed by atoms with Crippen molar-refractivity contribution in [3.63, 3.8) is 0 Å². The molecule has 17 heavy (non-hydrogen) atoms. The monoisotopic (exact) mass is 257 g/mol. The smallest absolute Gasteiger partial charge is 0.257 e. The van der Waals surface area contributed by atoms with Gasteiger partial charge in [0.05, 0.1) is 6.33 Å². The van der Waals surface area contributed by atoms with Crippen molar-refractivity contribution in [3.05, 3.63) is 12.5 Å². The number of primary sulfonamides is 1. The lowest BCUT2D eigenvalue weighted by Crippen LogP contribution is -2.22. The molecule has 2 rings (SSSR count). The molecule has 1 fully saturated rings. The van der Waals surface area contributed by atoms with Crippen molar-refractivity contribution in [1.29, 1.82) is 0 Å². The molecule has 96 valence electrons.